The van der Waals surface area contributed by atoms with E-state index in [1.54, 1.807) is 0 Å². The van der Waals surface area contributed by atoms with Crippen molar-refractivity contribution in [2.24, 2.45) is 5.92 Å². The highest BCUT2D eigenvalue weighted by Gasteiger charge is 2.27. The Balaban J connectivity index is 1.64. The van der Waals surface area contributed by atoms with Gasteiger partial charge >= 0.3 is 0 Å². The summed E-state index contributed by atoms with van der Waals surface area (Å²) < 4.78 is 0. The first-order valence-electron chi connectivity index (χ1n) is 8.00. The molecule has 1 aliphatic rings. The predicted molar refractivity (Wildman–Crippen MR) is 96.0 cm³/mol. The number of aliphatic hydroxyl groups excluding tert-OH is 1. The Morgan fingerprint density at radius 1 is 1.00 bits per heavy atom. The Bertz CT molecular complexity index is 647. The third kappa shape index (κ3) is 4.48. The Labute approximate surface area is 147 Å². The van der Waals surface area contributed by atoms with Gasteiger partial charge in [-0.1, -0.05) is 59.6 Å². The van der Waals surface area contributed by atoms with E-state index in [9.17, 15) is 5.11 Å². The van der Waals surface area contributed by atoms with Crippen molar-refractivity contribution in [3.8, 4) is 0 Å². The quantitative estimate of drug-likeness (QED) is 0.882. The number of hydrogen-bond acceptors (Lipinski definition) is 2. The van der Waals surface area contributed by atoms with Crippen molar-refractivity contribution in [2.75, 3.05) is 13.1 Å². The molecule has 3 rings (SSSR count). The minimum absolute atomic E-state index is 0.227. The van der Waals surface area contributed by atoms with Gasteiger partial charge in [0.25, 0.3) is 0 Å². The average Bonchev–Trinajstić information content (AvgIpc) is 2.55. The van der Waals surface area contributed by atoms with E-state index in [2.05, 4.69) is 29.2 Å². The molecule has 4 heteroatoms. The third-order valence-electron chi connectivity index (χ3n) is 4.51. The maximum absolute atomic E-state index is 10.4. The Morgan fingerprint density at radius 3 is 2.52 bits per heavy atom. The van der Waals surface area contributed by atoms with Crippen molar-refractivity contribution in [1.29, 1.82) is 0 Å². The van der Waals surface area contributed by atoms with E-state index in [1.165, 1.54) is 5.56 Å². The number of aliphatic hydroxyl groups is 1. The molecule has 0 bridgehead atoms. The number of hydrogen-bond donors (Lipinski definition) is 1. The highest BCUT2D eigenvalue weighted by molar-refractivity contribution is 6.42. The summed E-state index contributed by atoms with van der Waals surface area (Å²) in [6.45, 7) is 2.77. The molecule has 0 aliphatic carbocycles. The summed E-state index contributed by atoms with van der Waals surface area (Å²) in [7, 11) is 0. The lowest BCUT2D eigenvalue weighted by Gasteiger charge is -2.36. The van der Waals surface area contributed by atoms with Crippen molar-refractivity contribution in [2.45, 2.75) is 25.5 Å². The van der Waals surface area contributed by atoms with Crippen LogP contribution in [0.25, 0.3) is 0 Å². The van der Waals surface area contributed by atoms with Gasteiger partial charge in [-0.3, -0.25) is 4.90 Å². The van der Waals surface area contributed by atoms with Crippen molar-refractivity contribution >= 4 is 23.2 Å². The van der Waals surface area contributed by atoms with E-state index in [0.29, 0.717) is 10.0 Å². The molecule has 0 spiro atoms. The summed E-state index contributed by atoms with van der Waals surface area (Å²) in [6, 6.07) is 16.2. The van der Waals surface area contributed by atoms with Gasteiger partial charge in [-0.25, -0.2) is 0 Å². The van der Waals surface area contributed by atoms with Crippen LogP contribution in [-0.2, 0) is 13.0 Å². The molecule has 0 radical (unpaired) electrons. The van der Waals surface area contributed by atoms with Crippen LogP contribution in [0.2, 0.25) is 10.0 Å². The van der Waals surface area contributed by atoms with Gasteiger partial charge in [0.2, 0.25) is 0 Å². The van der Waals surface area contributed by atoms with Gasteiger partial charge in [0.05, 0.1) is 16.1 Å². The van der Waals surface area contributed by atoms with Crippen LogP contribution in [0.4, 0.5) is 0 Å². The number of halogens is 2. The molecule has 2 unspecified atom stereocenters. The third-order valence-corrected chi connectivity index (χ3v) is 5.25. The maximum atomic E-state index is 10.4. The lowest BCUT2D eigenvalue weighted by molar-refractivity contribution is 0.0239. The maximum Gasteiger partial charge on any atom is 0.0596 e. The molecule has 1 saturated heterocycles. The van der Waals surface area contributed by atoms with Gasteiger partial charge in [-0.15, -0.1) is 0 Å². The second kappa shape index (κ2) is 7.67. The Morgan fingerprint density at radius 2 is 1.78 bits per heavy atom. The van der Waals surface area contributed by atoms with Crippen molar-refractivity contribution in [3.63, 3.8) is 0 Å². The largest absolute Gasteiger partial charge is 0.393 e. The lowest BCUT2D eigenvalue weighted by Crippen LogP contribution is -2.43. The molecule has 2 nitrogen and oxygen atoms in total. The molecule has 23 heavy (non-hydrogen) atoms. The molecule has 1 N–H and O–H groups in total. The van der Waals surface area contributed by atoms with E-state index >= 15 is 0 Å². The monoisotopic (exact) mass is 349 g/mol. The van der Waals surface area contributed by atoms with Crippen LogP contribution in [0.3, 0.4) is 0 Å². The molecule has 0 saturated carbocycles. The summed E-state index contributed by atoms with van der Waals surface area (Å²) in [4.78, 5) is 2.42. The number of rotatable bonds is 4. The van der Waals surface area contributed by atoms with Crippen LogP contribution in [0, 0.1) is 5.92 Å². The number of piperidine rings is 1. The van der Waals surface area contributed by atoms with Crippen molar-refractivity contribution in [1.82, 2.24) is 4.90 Å². The van der Waals surface area contributed by atoms with E-state index in [-0.39, 0.29) is 12.0 Å². The topological polar surface area (TPSA) is 23.5 Å². The van der Waals surface area contributed by atoms with Gasteiger partial charge in [-0.05, 0) is 36.1 Å². The number of nitrogens with zero attached hydrogens (tertiary/aromatic N) is 1. The second-order valence-corrected chi connectivity index (χ2v) is 7.10. The SMILES string of the molecule is OC1CCN(Cc2ccccc2)CC1Cc1ccc(Cl)c(Cl)c1. The van der Waals surface area contributed by atoms with Gasteiger partial charge in [0.1, 0.15) is 0 Å². The lowest BCUT2D eigenvalue weighted by atomic mass is 9.88. The zero-order valence-corrected chi connectivity index (χ0v) is 14.5. The van der Waals surface area contributed by atoms with Crippen LogP contribution in [0.15, 0.2) is 48.5 Å². The highest BCUT2D eigenvalue weighted by Crippen LogP contribution is 2.27. The summed E-state index contributed by atoms with van der Waals surface area (Å²) in [6.07, 6.45) is 1.39. The van der Waals surface area contributed by atoms with E-state index in [0.717, 1.165) is 38.0 Å². The Hall–Kier alpha value is -1.06. The van der Waals surface area contributed by atoms with E-state index in [1.807, 2.05) is 24.3 Å². The fourth-order valence-electron chi connectivity index (χ4n) is 3.25. The fraction of sp³-hybridized carbons (Fsp3) is 0.368. The highest BCUT2D eigenvalue weighted by atomic mass is 35.5. The predicted octanol–water partition coefficient (Wildman–Crippen LogP) is 4.42. The van der Waals surface area contributed by atoms with E-state index < -0.39 is 0 Å². The summed E-state index contributed by atoms with van der Waals surface area (Å²) in [5, 5.41) is 11.5. The van der Waals surface area contributed by atoms with Crippen LogP contribution in [-0.4, -0.2) is 29.2 Å². The molecular formula is C19H21Cl2NO. The smallest absolute Gasteiger partial charge is 0.0596 e. The van der Waals surface area contributed by atoms with Gasteiger partial charge in [-0.2, -0.15) is 0 Å². The van der Waals surface area contributed by atoms with Crippen LogP contribution in [0.5, 0.6) is 0 Å². The van der Waals surface area contributed by atoms with E-state index in [4.69, 9.17) is 23.2 Å². The van der Waals surface area contributed by atoms with Crippen molar-refractivity contribution < 1.29 is 5.11 Å². The first kappa shape index (κ1) is 16.8. The van der Waals surface area contributed by atoms with Crippen LogP contribution < -0.4 is 0 Å². The van der Waals surface area contributed by atoms with Crippen molar-refractivity contribution in [3.05, 3.63) is 69.7 Å². The molecule has 1 heterocycles. The molecule has 0 aromatic heterocycles. The van der Waals surface area contributed by atoms with Crippen LogP contribution in [0.1, 0.15) is 17.5 Å². The van der Waals surface area contributed by atoms with Crippen LogP contribution >= 0.6 is 23.2 Å². The second-order valence-electron chi connectivity index (χ2n) is 6.29. The molecule has 0 amide bonds. The molecule has 2 atom stereocenters. The molecule has 1 fully saturated rings. The molecule has 1 aliphatic heterocycles. The Kier molecular flexibility index (Phi) is 5.60. The average molecular weight is 350 g/mol. The summed E-state index contributed by atoms with van der Waals surface area (Å²) >= 11 is 12.1. The number of benzene rings is 2. The zero-order chi connectivity index (χ0) is 16.2. The number of likely N-dealkylation sites (tertiary alicyclic amines) is 1. The zero-order valence-electron chi connectivity index (χ0n) is 13.0. The normalized spacial score (nSPS) is 22.2. The fourth-order valence-corrected chi connectivity index (χ4v) is 3.57. The van der Waals surface area contributed by atoms with Gasteiger partial charge in [0, 0.05) is 25.6 Å². The standard InChI is InChI=1S/C19H21Cl2NO/c20-17-7-6-15(11-18(17)21)10-16-13-22(9-8-19(16)23)12-14-4-2-1-3-5-14/h1-7,11,16,19,23H,8-10,12-13H2. The molecule has 122 valence electrons. The molecule has 2 aromatic rings. The minimum Gasteiger partial charge on any atom is -0.393 e. The molecule has 2 aromatic carbocycles. The molecular weight excluding hydrogens is 329 g/mol. The first-order valence-corrected chi connectivity index (χ1v) is 8.75. The summed E-state index contributed by atoms with van der Waals surface area (Å²) in [5.74, 6) is 0.227. The van der Waals surface area contributed by atoms with Gasteiger partial charge in [0.15, 0.2) is 0 Å². The van der Waals surface area contributed by atoms with Gasteiger partial charge < -0.3 is 5.11 Å². The first-order chi connectivity index (χ1) is 11.1. The minimum atomic E-state index is -0.253. The summed E-state index contributed by atoms with van der Waals surface area (Å²) in [5.41, 5.74) is 2.45.